The molecule has 4 nitrogen and oxygen atoms in total. The largest absolute Gasteiger partial charge is 0.422 e. The molecule has 1 atom stereocenters. The maximum absolute atomic E-state index is 12.8. The van der Waals surface area contributed by atoms with Crippen LogP contribution in [-0.2, 0) is 19.1 Å². The normalized spacial score (nSPS) is 18.3. The molecule has 5 heteroatoms. The van der Waals surface area contributed by atoms with Crippen molar-refractivity contribution in [2.75, 3.05) is 0 Å². The second kappa shape index (κ2) is 8.75. The van der Waals surface area contributed by atoms with Gasteiger partial charge in [-0.1, -0.05) is 71.9 Å². The highest BCUT2D eigenvalue weighted by atomic mass is 28.3. The summed E-state index contributed by atoms with van der Waals surface area (Å²) in [5.41, 5.74) is 5.86. The van der Waals surface area contributed by atoms with Gasteiger partial charge in [-0.15, -0.1) is 11.5 Å². The fourth-order valence-electron chi connectivity index (χ4n) is 4.66. The molecule has 0 N–H and O–H groups in total. The Bertz CT molecular complexity index is 757. The summed E-state index contributed by atoms with van der Waals surface area (Å²) in [4.78, 5) is 25.6. The van der Waals surface area contributed by atoms with E-state index in [0.717, 1.165) is 5.56 Å². The first kappa shape index (κ1) is 23.2. The Kier molecular flexibility index (Phi) is 7.00. The van der Waals surface area contributed by atoms with Gasteiger partial charge in [0.05, 0.1) is 5.92 Å². The Morgan fingerprint density at radius 3 is 1.72 bits per heavy atom. The molecule has 0 spiro atoms. The van der Waals surface area contributed by atoms with E-state index in [9.17, 15) is 9.59 Å². The molecule has 2 rings (SSSR count). The average molecular weight is 415 g/mol. The molecule has 0 unspecified atom stereocenters. The Morgan fingerprint density at radius 1 is 0.862 bits per heavy atom. The van der Waals surface area contributed by atoms with Crippen LogP contribution in [-0.4, -0.2) is 25.8 Å². The number of benzene rings is 1. The maximum Gasteiger partial charge on any atom is 0.325 e. The fraction of sp³-hybridized carbons (Fsp3) is 0.583. The highest BCUT2D eigenvalue weighted by molar-refractivity contribution is 6.90. The molecule has 0 bridgehead atoms. The van der Waals surface area contributed by atoms with Crippen molar-refractivity contribution in [2.24, 2.45) is 5.92 Å². The summed E-state index contributed by atoms with van der Waals surface area (Å²) < 4.78 is 10.8. The van der Waals surface area contributed by atoms with Gasteiger partial charge in [0.15, 0.2) is 5.92 Å². The van der Waals surface area contributed by atoms with Gasteiger partial charge in [0.25, 0.3) is 5.79 Å². The SMILES string of the molecule is CC(C)[Si](C#C[C@H](c1ccccc1)C1C(=O)OC(C)(C)OC1=O)(C(C)C)C(C)C. The van der Waals surface area contributed by atoms with Crippen LogP contribution in [0.3, 0.4) is 0 Å². The zero-order chi connectivity index (χ0) is 22.0. The molecule has 1 aliphatic heterocycles. The summed E-state index contributed by atoms with van der Waals surface area (Å²) in [6.45, 7) is 16.6. The van der Waals surface area contributed by atoms with Crippen LogP contribution in [0, 0.1) is 17.4 Å². The smallest absolute Gasteiger partial charge is 0.325 e. The first-order chi connectivity index (χ1) is 13.4. The van der Waals surface area contributed by atoms with E-state index < -0.39 is 37.6 Å². The van der Waals surface area contributed by atoms with E-state index in [1.165, 1.54) is 0 Å². The van der Waals surface area contributed by atoms with Crippen LogP contribution in [0.4, 0.5) is 0 Å². The zero-order valence-electron chi connectivity index (χ0n) is 18.9. The summed E-state index contributed by atoms with van der Waals surface area (Å²) in [6.07, 6.45) is 0. The summed E-state index contributed by atoms with van der Waals surface area (Å²) in [7, 11) is -2.02. The zero-order valence-corrected chi connectivity index (χ0v) is 19.9. The third kappa shape index (κ3) is 4.75. The number of carbonyl (C=O) groups is 2. The Labute approximate surface area is 176 Å². The van der Waals surface area contributed by atoms with Crippen LogP contribution < -0.4 is 0 Å². The molecule has 1 aromatic carbocycles. The monoisotopic (exact) mass is 414 g/mol. The average Bonchev–Trinajstić information content (AvgIpc) is 2.58. The Morgan fingerprint density at radius 2 is 1.31 bits per heavy atom. The third-order valence-corrected chi connectivity index (χ3v) is 12.3. The van der Waals surface area contributed by atoms with E-state index in [-0.39, 0.29) is 0 Å². The van der Waals surface area contributed by atoms with Gasteiger partial charge in [0.1, 0.15) is 8.07 Å². The molecular formula is C24H34O4Si. The summed E-state index contributed by atoms with van der Waals surface area (Å²) in [5, 5.41) is 0. The van der Waals surface area contributed by atoms with Crippen molar-refractivity contribution >= 4 is 20.0 Å². The number of rotatable bonds is 5. The molecule has 1 fully saturated rings. The van der Waals surface area contributed by atoms with Crippen LogP contribution in [0.2, 0.25) is 16.6 Å². The molecular weight excluding hydrogens is 380 g/mol. The topological polar surface area (TPSA) is 52.6 Å². The molecule has 29 heavy (non-hydrogen) atoms. The van der Waals surface area contributed by atoms with Gasteiger partial charge in [-0.2, -0.15) is 0 Å². The van der Waals surface area contributed by atoms with Crippen molar-refractivity contribution in [3.63, 3.8) is 0 Å². The molecule has 0 aliphatic carbocycles. The number of esters is 2. The number of ether oxygens (including phenoxy) is 2. The van der Waals surface area contributed by atoms with E-state index in [4.69, 9.17) is 9.47 Å². The van der Waals surface area contributed by atoms with E-state index in [1.54, 1.807) is 13.8 Å². The van der Waals surface area contributed by atoms with Gasteiger partial charge in [-0.3, -0.25) is 9.59 Å². The predicted molar refractivity (Wildman–Crippen MR) is 118 cm³/mol. The van der Waals surface area contributed by atoms with Crippen molar-refractivity contribution in [1.29, 1.82) is 0 Å². The lowest BCUT2D eigenvalue weighted by Gasteiger charge is -2.38. The van der Waals surface area contributed by atoms with Gasteiger partial charge in [0.2, 0.25) is 0 Å². The number of cyclic esters (lactones) is 2. The highest BCUT2D eigenvalue weighted by Gasteiger charge is 2.48. The summed E-state index contributed by atoms with van der Waals surface area (Å²) >= 11 is 0. The lowest BCUT2D eigenvalue weighted by atomic mass is 9.86. The second-order valence-corrected chi connectivity index (χ2v) is 14.9. The minimum absolute atomic E-state index is 0.454. The predicted octanol–water partition coefficient (Wildman–Crippen LogP) is 5.44. The molecule has 1 aliphatic rings. The highest BCUT2D eigenvalue weighted by Crippen LogP contribution is 2.41. The molecule has 1 saturated heterocycles. The number of hydrogen-bond acceptors (Lipinski definition) is 4. The fourth-order valence-corrected chi connectivity index (χ4v) is 9.93. The lowest BCUT2D eigenvalue weighted by molar-refractivity contribution is -0.240. The van der Waals surface area contributed by atoms with Crippen molar-refractivity contribution in [2.45, 2.75) is 83.7 Å². The first-order valence-corrected chi connectivity index (χ1v) is 12.7. The van der Waals surface area contributed by atoms with Gasteiger partial charge >= 0.3 is 11.9 Å². The van der Waals surface area contributed by atoms with E-state index >= 15 is 0 Å². The van der Waals surface area contributed by atoms with Crippen molar-refractivity contribution in [3.8, 4) is 11.5 Å². The Hall–Kier alpha value is -2.06. The quantitative estimate of drug-likeness (QED) is 0.278. The summed E-state index contributed by atoms with van der Waals surface area (Å²) in [5.74, 6) is -0.654. The minimum Gasteiger partial charge on any atom is -0.422 e. The van der Waals surface area contributed by atoms with E-state index in [0.29, 0.717) is 16.6 Å². The second-order valence-electron chi connectivity index (χ2n) is 9.27. The molecule has 0 aromatic heterocycles. The first-order valence-electron chi connectivity index (χ1n) is 10.5. The van der Waals surface area contributed by atoms with E-state index in [1.807, 2.05) is 30.3 Å². The van der Waals surface area contributed by atoms with Crippen molar-refractivity contribution < 1.29 is 19.1 Å². The van der Waals surface area contributed by atoms with Gasteiger partial charge in [-0.25, -0.2) is 0 Å². The standard InChI is InChI=1S/C24H34O4Si/c1-16(2)29(17(3)4,18(5)6)15-14-20(19-12-10-9-11-13-19)21-22(25)27-24(7,8)28-23(21)26/h9-13,16-18,20-21H,1-8H3/t20-/m1/s1. The Balaban J connectivity index is 2.59. The minimum atomic E-state index is -2.02. The van der Waals surface area contributed by atoms with Crippen molar-refractivity contribution in [3.05, 3.63) is 35.9 Å². The lowest BCUT2D eigenvalue weighted by Crippen LogP contribution is -2.48. The van der Waals surface area contributed by atoms with Crippen LogP contribution in [0.1, 0.15) is 66.9 Å². The van der Waals surface area contributed by atoms with Gasteiger partial charge in [0, 0.05) is 13.8 Å². The molecule has 1 aromatic rings. The maximum atomic E-state index is 12.8. The number of hydrogen-bond donors (Lipinski definition) is 0. The van der Waals surface area contributed by atoms with E-state index in [2.05, 4.69) is 53.0 Å². The molecule has 158 valence electrons. The van der Waals surface area contributed by atoms with Gasteiger partial charge in [-0.05, 0) is 22.2 Å². The third-order valence-electron chi connectivity index (χ3n) is 6.00. The molecule has 0 radical (unpaired) electrons. The van der Waals surface area contributed by atoms with Crippen LogP contribution in [0.15, 0.2) is 30.3 Å². The van der Waals surface area contributed by atoms with Gasteiger partial charge < -0.3 is 9.47 Å². The molecule has 0 amide bonds. The molecule has 0 saturated carbocycles. The summed E-state index contributed by atoms with van der Waals surface area (Å²) in [6, 6.07) is 9.51. The van der Waals surface area contributed by atoms with Crippen LogP contribution in [0.5, 0.6) is 0 Å². The van der Waals surface area contributed by atoms with Crippen LogP contribution >= 0.6 is 0 Å². The van der Waals surface area contributed by atoms with Crippen molar-refractivity contribution in [1.82, 2.24) is 0 Å². The molecule has 1 heterocycles. The number of carbonyl (C=O) groups excluding carboxylic acids is 2. The van der Waals surface area contributed by atoms with Crippen LogP contribution in [0.25, 0.3) is 0 Å².